The van der Waals surface area contributed by atoms with Gasteiger partial charge in [-0.05, 0) is 54.3 Å². The van der Waals surface area contributed by atoms with Crippen molar-refractivity contribution in [3.05, 3.63) is 87.0 Å². The number of sulfonamides is 1. The van der Waals surface area contributed by atoms with E-state index in [1.54, 1.807) is 34.9 Å². The van der Waals surface area contributed by atoms with E-state index in [-0.39, 0.29) is 9.77 Å². The van der Waals surface area contributed by atoms with E-state index in [4.69, 9.17) is 11.6 Å². The lowest BCUT2D eigenvalue weighted by Crippen LogP contribution is -2.14. The van der Waals surface area contributed by atoms with Gasteiger partial charge in [0.25, 0.3) is 10.0 Å². The molecule has 0 atom stereocenters. The molecule has 3 aromatic carbocycles. The SMILES string of the molecule is CSc1cccc(NS(=O)(=O)c2ccc3c(c2)sc(=O)n3Cc2ccccc2Cl)c1. The Balaban J connectivity index is 1.68. The zero-order valence-corrected chi connectivity index (χ0v) is 19.0. The van der Waals surface area contributed by atoms with Gasteiger partial charge in [0.2, 0.25) is 0 Å². The van der Waals surface area contributed by atoms with Gasteiger partial charge in [-0.15, -0.1) is 11.8 Å². The average molecular weight is 477 g/mol. The number of anilines is 1. The highest BCUT2D eigenvalue weighted by Gasteiger charge is 2.18. The fraction of sp³-hybridized carbons (Fsp3) is 0.0952. The number of aromatic nitrogens is 1. The van der Waals surface area contributed by atoms with Gasteiger partial charge in [0, 0.05) is 15.6 Å². The molecule has 0 amide bonds. The van der Waals surface area contributed by atoms with Gasteiger partial charge < -0.3 is 0 Å². The quantitative estimate of drug-likeness (QED) is 0.384. The van der Waals surface area contributed by atoms with E-state index in [2.05, 4.69) is 4.72 Å². The van der Waals surface area contributed by atoms with E-state index in [1.807, 2.05) is 30.5 Å². The molecule has 154 valence electrons. The van der Waals surface area contributed by atoms with Gasteiger partial charge >= 0.3 is 4.87 Å². The van der Waals surface area contributed by atoms with Crippen molar-refractivity contribution in [2.24, 2.45) is 0 Å². The molecule has 1 N–H and O–H groups in total. The molecule has 0 spiro atoms. The molecule has 0 bridgehead atoms. The second-order valence-electron chi connectivity index (χ2n) is 6.51. The Morgan fingerprint density at radius 3 is 2.63 bits per heavy atom. The molecule has 1 heterocycles. The highest BCUT2D eigenvalue weighted by atomic mass is 35.5. The lowest BCUT2D eigenvalue weighted by Gasteiger charge is -2.10. The Kier molecular flexibility index (Phi) is 5.92. The van der Waals surface area contributed by atoms with Gasteiger partial charge in [0.05, 0.1) is 21.7 Å². The topological polar surface area (TPSA) is 68.2 Å². The van der Waals surface area contributed by atoms with Crippen molar-refractivity contribution in [1.82, 2.24) is 4.57 Å². The maximum absolute atomic E-state index is 12.9. The summed E-state index contributed by atoms with van der Waals surface area (Å²) in [7, 11) is -3.78. The van der Waals surface area contributed by atoms with Crippen LogP contribution in [0.2, 0.25) is 5.02 Å². The van der Waals surface area contributed by atoms with E-state index < -0.39 is 10.0 Å². The van der Waals surface area contributed by atoms with E-state index in [1.165, 1.54) is 23.9 Å². The fourth-order valence-electron chi connectivity index (χ4n) is 3.06. The summed E-state index contributed by atoms with van der Waals surface area (Å²) in [6.45, 7) is 0.324. The first kappa shape index (κ1) is 21.0. The second kappa shape index (κ2) is 8.47. The molecule has 0 saturated heterocycles. The van der Waals surface area contributed by atoms with E-state index in [0.717, 1.165) is 21.8 Å². The van der Waals surface area contributed by atoms with Gasteiger partial charge in [0.15, 0.2) is 0 Å². The zero-order valence-electron chi connectivity index (χ0n) is 15.8. The molecular formula is C21H17ClN2O3S3. The summed E-state index contributed by atoms with van der Waals surface area (Å²) in [5.74, 6) is 0. The molecule has 9 heteroatoms. The fourth-order valence-corrected chi connectivity index (χ4v) is 5.80. The molecule has 0 fully saturated rings. The minimum Gasteiger partial charge on any atom is -0.294 e. The third-order valence-electron chi connectivity index (χ3n) is 4.56. The van der Waals surface area contributed by atoms with Gasteiger partial charge in [-0.2, -0.15) is 0 Å². The standard InChI is InChI=1S/C21H17ClN2O3S3/c1-28-16-7-4-6-15(11-16)23-30(26,27)17-9-10-19-20(12-17)29-21(25)24(19)13-14-5-2-3-8-18(14)22/h2-12,23H,13H2,1H3. The summed E-state index contributed by atoms with van der Waals surface area (Å²) < 4.78 is 30.5. The Morgan fingerprint density at radius 2 is 1.87 bits per heavy atom. The average Bonchev–Trinajstić information content (AvgIpc) is 3.04. The number of hydrogen-bond donors (Lipinski definition) is 1. The molecule has 0 aliphatic rings. The second-order valence-corrected chi connectivity index (χ2v) is 10.5. The highest BCUT2D eigenvalue weighted by molar-refractivity contribution is 7.98. The summed E-state index contributed by atoms with van der Waals surface area (Å²) in [6, 6.07) is 19.2. The van der Waals surface area contributed by atoms with Crippen molar-refractivity contribution < 1.29 is 8.42 Å². The van der Waals surface area contributed by atoms with Crippen LogP contribution in [0.3, 0.4) is 0 Å². The van der Waals surface area contributed by atoms with Crippen LogP contribution < -0.4 is 9.60 Å². The van der Waals surface area contributed by atoms with Crippen molar-refractivity contribution in [1.29, 1.82) is 0 Å². The van der Waals surface area contributed by atoms with Gasteiger partial charge in [-0.1, -0.05) is 47.2 Å². The van der Waals surface area contributed by atoms with Crippen LogP contribution in [0.15, 0.2) is 81.3 Å². The molecular weight excluding hydrogens is 460 g/mol. The number of benzene rings is 3. The Hall–Kier alpha value is -2.26. The number of nitrogens with zero attached hydrogens (tertiary/aromatic N) is 1. The minimum absolute atomic E-state index is 0.107. The molecule has 0 radical (unpaired) electrons. The van der Waals surface area contributed by atoms with Crippen molar-refractivity contribution in [3.8, 4) is 0 Å². The highest BCUT2D eigenvalue weighted by Crippen LogP contribution is 2.26. The van der Waals surface area contributed by atoms with Crippen LogP contribution in [0.1, 0.15) is 5.56 Å². The largest absolute Gasteiger partial charge is 0.308 e. The number of nitrogens with one attached hydrogen (secondary N) is 1. The summed E-state index contributed by atoms with van der Waals surface area (Å²) >= 11 is 8.78. The van der Waals surface area contributed by atoms with Crippen LogP contribution in [0, 0.1) is 0 Å². The molecule has 5 nitrogen and oxygen atoms in total. The van der Waals surface area contributed by atoms with Crippen LogP contribution in [0.4, 0.5) is 5.69 Å². The maximum atomic E-state index is 12.9. The summed E-state index contributed by atoms with van der Waals surface area (Å²) in [6.07, 6.45) is 1.93. The Bertz CT molecular complexity index is 1390. The number of thioether (sulfide) groups is 1. The smallest absolute Gasteiger partial charge is 0.294 e. The molecule has 0 saturated carbocycles. The molecule has 0 unspecified atom stereocenters. The summed E-state index contributed by atoms with van der Waals surface area (Å²) in [4.78, 5) is 13.4. The number of rotatable bonds is 6. The predicted octanol–water partition coefficient (Wildman–Crippen LogP) is 5.29. The predicted molar refractivity (Wildman–Crippen MR) is 126 cm³/mol. The van der Waals surface area contributed by atoms with E-state index >= 15 is 0 Å². The number of thiazole rings is 1. The van der Waals surface area contributed by atoms with Crippen LogP contribution in [0.5, 0.6) is 0 Å². The van der Waals surface area contributed by atoms with Crippen LogP contribution in [0.25, 0.3) is 10.2 Å². The van der Waals surface area contributed by atoms with Crippen LogP contribution in [-0.2, 0) is 16.6 Å². The molecule has 4 aromatic rings. The van der Waals surface area contributed by atoms with Crippen LogP contribution in [-0.4, -0.2) is 19.2 Å². The van der Waals surface area contributed by atoms with Gasteiger partial charge in [-0.3, -0.25) is 14.1 Å². The van der Waals surface area contributed by atoms with Gasteiger partial charge in [0.1, 0.15) is 0 Å². The lowest BCUT2D eigenvalue weighted by molar-refractivity contribution is 0.601. The maximum Gasteiger partial charge on any atom is 0.308 e. The molecule has 4 rings (SSSR count). The monoisotopic (exact) mass is 476 g/mol. The zero-order chi connectivity index (χ0) is 21.3. The molecule has 0 aliphatic carbocycles. The lowest BCUT2D eigenvalue weighted by atomic mass is 10.2. The normalized spacial score (nSPS) is 11.7. The first-order valence-corrected chi connectivity index (χ1v) is 12.8. The van der Waals surface area contributed by atoms with Gasteiger partial charge in [-0.25, -0.2) is 8.42 Å². The van der Waals surface area contributed by atoms with Crippen molar-refractivity contribution >= 4 is 60.6 Å². The third-order valence-corrected chi connectivity index (χ3v) is 7.97. The molecule has 30 heavy (non-hydrogen) atoms. The van der Waals surface area contributed by atoms with E-state index in [0.29, 0.717) is 27.5 Å². The van der Waals surface area contributed by atoms with Crippen LogP contribution >= 0.6 is 34.7 Å². The van der Waals surface area contributed by atoms with Crippen molar-refractivity contribution in [2.45, 2.75) is 16.3 Å². The third kappa shape index (κ3) is 4.27. The summed E-state index contributed by atoms with van der Waals surface area (Å²) in [5, 5.41) is 0.583. The Labute approximate surface area is 187 Å². The number of fused-ring (bicyclic) bond motifs is 1. The summed E-state index contributed by atoms with van der Waals surface area (Å²) in [5.41, 5.74) is 1.99. The first-order valence-electron chi connectivity index (χ1n) is 8.91. The Morgan fingerprint density at radius 1 is 1.07 bits per heavy atom. The first-order chi connectivity index (χ1) is 14.4. The number of halogens is 1. The number of hydrogen-bond acceptors (Lipinski definition) is 5. The van der Waals surface area contributed by atoms with E-state index in [9.17, 15) is 13.2 Å². The van der Waals surface area contributed by atoms with Crippen molar-refractivity contribution in [3.63, 3.8) is 0 Å². The minimum atomic E-state index is -3.78. The molecule has 1 aromatic heterocycles. The van der Waals surface area contributed by atoms with Crippen molar-refractivity contribution in [2.75, 3.05) is 11.0 Å². The molecule has 0 aliphatic heterocycles.